The van der Waals surface area contributed by atoms with Crippen molar-refractivity contribution in [2.24, 2.45) is 5.92 Å². The van der Waals surface area contributed by atoms with Crippen molar-refractivity contribution in [1.29, 1.82) is 0 Å². The molecule has 1 atom stereocenters. The van der Waals surface area contributed by atoms with Gasteiger partial charge in [0, 0.05) is 17.6 Å². The van der Waals surface area contributed by atoms with Crippen molar-refractivity contribution < 1.29 is 22.7 Å². The number of hydrogen-bond acceptors (Lipinski definition) is 5. The Kier molecular flexibility index (Phi) is 9.93. The fourth-order valence-electron chi connectivity index (χ4n) is 3.21. The van der Waals surface area contributed by atoms with E-state index < -0.39 is 28.5 Å². The Balaban J connectivity index is 2.37. The van der Waals surface area contributed by atoms with Crippen LogP contribution in [-0.4, -0.2) is 57.6 Å². The summed E-state index contributed by atoms with van der Waals surface area (Å²) in [6.45, 7) is 5.76. The summed E-state index contributed by atoms with van der Waals surface area (Å²) in [5, 5.41) is 2.85. The molecule has 0 aromatic heterocycles. The van der Waals surface area contributed by atoms with Crippen LogP contribution in [0.15, 0.2) is 53.0 Å². The van der Waals surface area contributed by atoms with Gasteiger partial charge in [0.2, 0.25) is 21.8 Å². The van der Waals surface area contributed by atoms with E-state index in [0.29, 0.717) is 22.5 Å². The van der Waals surface area contributed by atoms with E-state index in [1.807, 2.05) is 13.8 Å². The highest BCUT2D eigenvalue weighted by atomic mass is 79.9. The van der Waals surface area contributed by atoms with Gasteiger partial charge in [-0.05, 0) is 58.6 Å². The van der Waals surface area contributed by atoms with Crippen molar-refractivity contribution in [3.05, 3.63) is 58.6 Å². The molecule has 0 saturated carbocycles. The number of nitrogens with zero attached hydrogens (tertiary/aromatic N) is 2. The summed E-state index contributed by atoms with van der Waals surface area (Å²) >= 11 is 3.36. The van der Waals surface area contributed by atoms with E-state index in [1.165, 1.54) is 4.90 Å². The van der Waals surface area contributed by atoms with E-state index in [4.69, 9.17) is 4.74 Å². The fourth-order valence-corrected chi connectivity index (χ4v) is 4.69. The molecule has 0 saturated heterocycles. The quantitative estimate of drug-likeness (QED) is 0.460. The van der Waals surface area contributed by atoms with Gasteiger partial charge in [-0.1, -0.05) is 38.1 Å². The summed E-state index contributed by atoms with van der Waals surface area (Å²) in [7, 11) is -2.22. The van der Waals surface area contributed by atoms with Crippen LogP contribution in [0.25, 0.3) is 0 Å². The van der Waals surface area contributed by atoms with Crippen LogP contribution in [0, 0.1) is 5.92 Å². The number of para-hydroxylation sites is 1. The van der Waals surface area contributed by atoms with Crippen LogP contribution in [0.2, 0.25) is 0 Å². The Labute approximate surface area is 210 Å². The minimum absolute atomic E-state index is 0.132. The first kappa shape index (κ1) is 27.7. The molecule has 2 rings (SSSR count). The molecule has 0 aliphatic carbocycles. The third kappa shape index (κ3) is 7.73. The van der Waals surface area contributed by atoms with E-state index in [9.17, 15) is 18.0 Å². The molecule has 8 nitrogen and oxygen atoms in total. The molecule has 34 heavy (non-hydrogen) atoms. The lowest BCUT2D eigenvalue weighted by Crippen LogP contribution is -2.51. The van der Waals surface area contributed by atoms with Crippen LogP contribution < -0.4 is 14.4 Å². The van der Waals surface area contributed by atoms with Gasteiger partial charge in [0.05, 0.1) is 19.1 Å². The second-order valence-corrected chi connectivity index (χ2v) is 11.2. The Morgan fingerprint density at radius 3 is 2.21 bits per heavy atom. The van der Waals surface area contributed by atoms with E-state index in [-0.39, 0.29) is 18.4 Å². The summed E-state index contributed by atoms with van der Waals surface area (Å²) in [6, 6.07) is 13.1. The maximum atomic E-state index is 13.5. The maximum absolute atomic E-state index is 13.5. The lowest BCUT2D eigenvalue weighted by atomic mass is 10.1. The molecule has 0 bridgehead atoms. The minimum atomic E-state index is -3.78. The molecular weight excluding hydrogens is 522 g/mol. The molecule has 10 heteroatoms. The van der Waals surface area contributed by atoms with Gasteiger partial charge in [-0.3, -0.25) is 13.9 Å². The van der Waals surface area contributed by atoms with Gasteiger partial charge >= 0.3 is 0 Å². The monoisotopic (exact) mass is 553 g/mol. The number of methoxy groups -OCH3 is 1. The summed E-state index contributed by atoms with van der Waals surface area (Å²) in [6.07, 6.45) is 1.05. The normalized spacial score (nSPS) is 12.2. The molecule has 0 aliphatic heterocycles. The molecule has 0 spiro atoms. The molecule has 0 heterocycles. The van der Waals surface area contributed by atoms with Crippen LogP contribution >= 0.6 is 15.9 Å². The Hall–Kier alpha value is -2.59. The molecule has 0 fully saturated rings. The number of benzene rings is 2. The van der Waals surface area contributed by atoms with Crippen LogP contribution in [0.3, 0.4) is 0 Å². The Morgan fingerprint density at radius 1 is 1.06 bits per heavy atom. The molecule has 2 aromatic carbocycles. The van der Waals surface area contributed by atoms with Crippen molar-refractivity contribution >= 4 is 43.5 Å². The molecule has 0 unspecified atom stereocenters. The van der Waals surface area contributed by atoms with Gasteiger partial charge < -0.3 is 15.0 Å². The lowest BCUT2D eigenvalue weighted by Gasteiger charge is -2.32. The highest BCUT2D eigenvalue weighted by Gasteiger charge is 2.30. The number of halogens is 1. The zero-order valence-corrected chi connectivity index (χ0v) is 22.5. The van der Waals surface area contributed by atoms with E-state index in [0.717, 1.165) is 16.1 Å². The zero-order valence-electron chi connectivity index (χ0n) is 20.1. The Morgan fingerprint density at radius 2 is 1.68 bits per heavy atom. The number of sulfonamides is 1. The second-order valence-electron chi connectivity index (χ2n) is 8.41. The van der Waals surface area contributed by atoms with Crippen LogP contribution in [0.4, 0.5) is 5.69 Å². The molecule has 0 radical (unpaired) electrons. The van der Waals surface area contributed by atoms with Gasteiger partial charge in [0.1, 0.15) is 18.3 Å². The van der Waals surface area contributed by atoms with Crippen molar-refractivity contribution in [2.75, 3.05) is 30.8 Å². The minimum Gasteiger partial charge on any atom is -0.497 e. The zero-order chi connectivity index (χ0) is 25.5. The van der Waals surface area contributed by atoms with E-state index in [1.54, 1.807) is 62.6 Å². The maximum Gasteiger partial charge on any atom is 0.244 e. The molecule has 2 aromatic rings. The Bertz CT molecular complexity index is 1090. The van der Waals surface area contributed by atoms with Crippen molar-refractivity contribution in [3.63, 3.8) is 0 Å². The highest BCUT2D eigenvalue weighted by molar-refractivity contribution is 9.10. The summed E-state index contributed by atoms with van der Waals surface area (Å²) in [5.41, 5.74) is 1.13. The summed E-state index contributed by atoms with van der Waals surface area (Å²) < 4.78 is 32.0. The van der Waals surface area contributed by atoms with Crippen molar-refractivity contribution in [1.82, 2.24) is 10.2 Å². The van der Waals surface area contributed by atoms with Gasteiger partial charge in [0.15, 0.2) is 0 Å². The predicted molar refractivity (Wildman–Crippen MR) is 137 cm³/mol. The molecule has 186 valence electrons. The molecule has 0 aliphatic rings. The number of ether oxygens (including phenoxy) is 1. The van der Waals surface area contributed by atoms with Crippen molar-refractivity contribution in [3.8, 4) is 5.75 Å². The third-order valence-corrected chi connectivity index (χ3v) is 6.96. The fraction of sp³-hybridized carbons (Fsp3) is 0.417. The number of hydrogen-bond donors (Lipinski definition) is 1. The van der Waals surface area contributed by atoms with Gasteiger partial charge in [-0.25, -0.2) is 8.42 Å². The number of anilines is 1. The number of amides is 2. The molecule has 1 N–H and O–H groups in total. The second kappa shape index (κ2) is 12.2. The summed E-state index contributed by atoms with van der Waals surface area (Å²) in [4.78, 5) is 27.7. The average molecular weight is 555 g/mol. The number of carbonyl (C=O) groups is 2. The van der Waals surface area contributed by atoms with Crippen LogP contribution in [0.1, 0.15) is 26.3 Å². The summed E-state index contributed by atoms with van der Waals surface area (Å²) in [5.74, 6) is 0.117. The smallest absolute Gasteiger partial charge is 0.244 e. The number of nitrogens with one attached hydrogen (secondary N) is 1. The first-order valence-corrected chi connectivity index (χ1v) is 13.5. The third-order valence-electron chi connectivity index (χ3n) is 5.16. The average Bonchev–Trinajstić information content (AvgIpc) is 2.79. The van der Waals surface area contributed by atoms with Gasteiger partial charge in [0.25, 0.3) is 0 Å². The highest BCUT2D eigenvalue weighted by Crippen LogP contribution is 2.28. The van der Waals surface area contributed by atoms with Crippen molar-refractivity contribution in [2.45, 2.75) is 33.4 Å². The largest absolute Gasteiger partial charge is 0.497 e. The van der Waals surface area contributed by atoms with E-state index >= 15 is 0 Å². The first-order chi connectivity index (χ1) is 15.9. The van der Waals surface area contributed by atoms with Crippen LogP contribution in [-0.2, 0) is 26.2 Å². The van der Waals surface area contributed by atoms with Gasteiger partial charge in [-0.2, -0.15) is 0 Å². The van der Waals surface area contributed by atoms with E-state index in [2.05, 4.69) is 21.2 Å². The topological polar surface area (TPSA) is 96.0 Å². The lowest BCUT2D eigenvalue weighted by molar-refractivity contribution is -0.139. The van der Waals surface area contributed by atoms with Crippen LogP contribution in [0.5, 0.6) is 5.75 Å². The SMILES string of the molecule is COc1ccc(CN(C(=O)CN(c2ccccc2Br)S(C)(=O)=O)[C@H](C)C(=O)NCC(C)C)cc1. The predicted octanol–water partition coefficient (Wildman–Crippen LogP) is 3.41. The molecular formula is C24H32BrN3O5S. The number of rotatable bonds is 11. The van der Waals surface area contributed by atoms with Gasteiger partial charge in [-0.15, -0.1) is 0 Å². The molecule has 2 amide bonds. The first-order valence-electron chi connectivity index (χ1n) is 10.9. The number of carbonyl (C=O) groups excluding carboxylic acids is 2. The standard InChI is InChI=1S/C24H32BrN3O5S/c1-17(2)14-26-24(30)18(3)27(15-19-10-12-20(33-4)13-11-19)23(29)16-28(34(5,31)32)22-9-7-6-8-21(22)25/h6-13,17-18H,14-16H2,1-5H3,(H,26,30)/t18-/m1/s1.